The molecule has 1 saturated carbocycles. The van der Waals surface area contributed by atoms with E-state index in [9.17, 15) is 4.39 Å². The quantitative estimate of drug-likeness (QED) is 0.679. The first-order valence-electron chi connectivity index (χ1n) is 8.46. The van der Waals surface area contributed by atoms with E-state index in [0.29, 0.717) is 36.6 Å². The molecule has 1 N–H and O–H groups in total. The van der Waals surface area contributed by atoms with Crippen molar-refractivity contribution in [2.24, 2.45) is 0 Å². The first-order chi connectivity index (χ1) is 13.1. The molecule has 3 aromatic heterocycles. The maximum atomic E-state index is 13.7. The van der Waals surface area contributed by atoms with Crippen LogP contribution in [0, 0.1) is 11.3 Å². The van der Waals surface area contributed by atoms with Crippen LogP contribution in [0.15, 0.2) is 43.1 Å². The Bertz CT molecular complexity index is 989. The van der Waals surface area contributed by atoms with Gasteiger partial charge in [0.1, 0.15) is 17.9 Å². The number of hydrogen-bond acceptors (Lipinski definition) is 6. The third-order valence-corrected chi connectivity index (χ3v) is 5.23. The average Bonchev–Trinajstić information content (AvgIpc) is 3.14. The Morgan fingerprint density at radius 2 is 2.07 bits per heavy atom. The standard InChI is InChI=1S/C18H17FN7P/c19-13-4-18(5-13,16-15(27)2-1-3-21-16)11-24-17-22-8-14(9-23-17)26-10-12(6-20)7-25-26/h1-3,7-10,13H,4-5,11,27H2,(H,22,23,24). The third kappa shape index (κ3) is 3.38. The zero-order valence-electron chi connectivity index (χ0n) is 14.4. The highest BCUT2D eigenvalue weighted by atomic mass is 31.0. The molecule has 1 aliphatic carbocycles. The van der Waals surface area contributed by atoms with Gasteiger partial charge in [-0.25, -0.2) is 19.0 Å². The van der Waals surface area contributed by atoms with E-state index in [2.05, 4.69) is 34.6 Å². The second-order valence-electron chi connectivity index (χ2n) is 6.63. The number of aromatic nitrogens is 5. The van der Waals surface area contributed by atoms with Crippen LogP contribution >= 0.6 is 9.24 Å². The van der Waals surface area contributed by atoms with Gasteiger partial charge < -0.3 is 5.32 Å². The molecule has 0 spiro atoms. The van der Waals surface area contributed by atoms with Crippen LogP contribution in [0.1, 0.15) is 24.1 Å². The topological polar surface area (TPSA) is 92.3 Å². The first kappa shape index (κ1) is 17.5. The van der Waals surface area contributed by atoms with E-state index in [0.717, 1.165) is 11.0 Å². The molecule has 136 valence electrons. The lowest BCUT2D eigenvalue weighted by atomic mass is 9.65. The maximum absolute atomic E-state index is 13.7. The van der Waals surface area contributed by atoms with Gasteiger partial charge in [-0.2, -0.15) is 10.4 Å². The molecule has 7 nitrogen and oxygen atoms in total. The van der Waals surface area contributed by atoms with Crippen LogP contribution in [0.5, 0.6) is 0 Å². The Balaban J connectivity index is 1.49. The molecular weight excluding hydrogens is 364 g/mol. The van der Waals surface area contributed by atoms with Crippen molar-refractivity contribution in [1.29, 1.82) is 5.26 Å². The van der Waals surface area contributed by atoms with Crippen LogP contribution < -0.4 is 10.6 Å². The molecule has 4 rings (SSSR count). The average molecular weight is 381 g/mol. The lowest BCUT2D eigenvalue weighted by molar-refractivity contribution is 0.100. The van der Waals surface area contributed by atoms with Crippen LogP contribution in [0.25, 0.3) is 5.69 Å². The Morgan fingerprint density at radius 3 is 2.70 bits per heavy atom. The van der Waals surface area contributed by atoms with Crippen molar-refractivity contribution in [2.45, 2.75) is 24.4 Å². The predicted molar refractivity (Wildman–Crippen MR) is 102 cm³/mol. The van der Waals surface area contributed by atoms with Gasteiger partial charge in [0.05, 0.1) is 29.8 Å². The van der Waals surface area contributed by atoms with Gasteiger partial charge in [-0.15, -0.1) is 9.24 Å². The maximum Gasteiger partial charge on any atom is 0.222 e. The normalized spacial score (nSPS) is 21.3. The summed E-state index contributed by atoms with van der Waals surface area (Å²) in [5.74, 6) is 0.453. The summed E-state index contributed by atoms with van der Waals surface area (Å²) < 4.78 is 15.2. The fourth-order valence-corrected chi connectivity index (χ4v) is 3.86. The van der Waals surface area contributed by atoms with E-state index in [-0.39, 0.29) is 5.41 Å². The van der Waals surface area contributed by atoms with E-state index in [1.54, 1.807) is 24.8 Å². The minimum Gasteiger partial charge on any atom is -0.353 e. The SMILES string of the molecule is N#Cc1cnn(-c2cnc(NCC3(c4ncccc4P)CC(F)C3)nc2)c1. The minimum absolute atomic E-state index is 0.358. The van der Waals surface area contributed by atoms with Crippen molar-refractivity contribution < 1.29 is 4.39 Å². The molecule has 3 heterocycles. The molecule has 3 aromatic rings. The molecule has 1 atom stereocenters. The van der Waals surface area contributed by atoms with Crippen LogP contribution in [0.4, 0.5) is 10.3 Å². The van der Waals surface area contributed by atoms with E-state index in [1.165, 1.54) is 10.9 Å². The van der Waals surface area contributed by atoms with Gasteiger partial charge in [0.15, 0.2) is 0 Å². The molecule has 0 bridgehead atoms. The summed E-state index contributed by atoms with van der Waals surface area (Å²) in [5, 5.41) is 17.2. The molecule has 0 aromatic carbocycles. The lowest BCUT2D eigenvalue weighted by Gasteiger charge is -2.44. The van der Waals surface area contributed by atoms with Crippen molar-refractivity contribution >= 4 is 20.5 Å². The van der Waals surface area contributed by atoms with Gasteiger partial charge in [0.25, 0.3) is 0 Å². The number of alkyl halides is 1. The van der Waals surface area contributed by atoms with Crippen molar-refractivity contribution in [3.63, 3.8) is 0 Å². The molecule has 0 radical (unpaired) electrons. The lowest BCUT2D eigenvalue weighted by Crippen LogP contribution is -2.50. The highest BCUT2D eigenvalue weighted by Crippen LogP contribution is 2.44. The van der Waals surface area contributed by atoms with E-state index in [4.69, 9.17) is 5.26 Å². The minimum atomic E-state index is -0.810. The summed E-state index contributed by atoms with van der Waals surface area (Å²) in [5.41, 5.74) is 1.66. The third-order valence-electron chi connectivity index (χ3n) is 4.77. The molecule has 1 fully saturated rings. The molecule has 1 aliphatic rings. The second-order valence-corrected chi connectivity index (χ2v) is 7.25. The Kier molecular flexibility index (Phi) is 4.54. The second kappa shape index (κ2) is 7.01. The van der Waals surface area contributed by atoms with Crippen LogP contribution in [-0.4, -0.2) is 37.4 Å². The number of rotatable bonds is 5. The van der Waals surface area contributed by atoms with Crippen LogP contribution in [-0.2, 0) is 5.41 Å². The number of halogens is 1. The smallest absolute Gasteiger partial charge is 0.222 e. The van der Waals surface area contributed by atoms with Gasteiger partial charge in [-0.1, -0.05) is 6.07 Å². The number of anilines is 1. The predicted octanol–water partition coefficient (Wildman–Crippen LogP) is 1.91. The van der Waals surface area contributed by atoms with Crippen LogP contribution in [0.3, 0.4) is 0 Å². The van der Waals surface area contributed by atoms with Crippen molar-refractivity contribution in [3.8, 4) is 11.8 Å². The van der Waals surface area contributed by atoms with Gasteiger partial charge in [-0.05, 0) is 24.2 Å². The molecule has 9 heteroatoms. The summed E-state index contributed by atoms with van der Waals surface area (Å²) in [6.45, 7) is 0.505. The van der Waals surface area contributed by atoms with E-state index >= 15 is 0 Å². The van der Waals surface area contributed by atoms with Gasteiger partial charge >= 0.3 is 0 Å². The molecular formula is C18H17FN7P. The summed E-state index contributed by atoms with van der Waals surface area (Å²) in [6, 6.07) is 5.86. The van der Waals surface area contributed by atoms with Crippen LogP contribution in [0.2, 0.25) is 0 Å². The van der Waals surface area contributed by atoms with Crippen molar-refractivity contribution in [2.75, 3.05) is 11.9 Å². The zero-order valence-corrected chi connectivity index (χ0v) is 15.5. The monoisotopic (exact) mass is 381 g/mol. The highest BCUT2D eigenvalue weighted by Gasteiger charge is 2.47. The fourth-order valence-electron chi connectivity index (χ4n) is 3.37. The number of pyridine rings is 1. The largest absolute Gasteiger partial charge is 0.353 e. The van der Waals surface area contributed by atoms with Crippen molar-refractivity contribution in [1.82, 2.24) is 24.7 Å². The van der Waals surface area contributed by atoms with Gasteiger partial charge in [-0.3, -0.25) is 4.98 Å². The number of nitrogens with one attached hydrogen (secondary N) is 1. The van der Waals surface area contributed by atoms with Crippen molar-refractivity contribution in [3.05, 3.63) is 54.4 Å². The van der Waals surface area contributed by atoms with Gasteiger partial charge in [0, 0.05) is 24.4 Å². The fraction of sp³-hybridized carbons (Fsp3) is 0.278. The first-order valence-corrected chi connectivity index (χ1v) is 9.03. The number of hydrogen-bond donors (Lipinski definition) is 1. The summed E-state index contributed by atoms with van der Waals surface area (Å²) >= 11 is 0. The Hall–Kier alpha value is -2.91. The molecule has 0 amide bonds. The summed E-state index contributed by atoms with van der Waals surface area (Å²) in [7, 11) is 2.68. The van der Waals surface area contributed by atoms with Gasteiger partial charge in [0.2, 0.25) is 5.95 Å². The summed E-state index contributed by atoms with van der Waals surface area (Å²) in [4.78, 5) is 13.1. The summed E-state index contributed by atoms with van der Waals surface area (Å²) in [6.07, 6.45) is 8.12. The Morgan fingerprint density at radius 1 is 1.30 bits per heavy atom. The van der Waals surface area contributed by atoms with E-state index in [1.807, 2.05) is 18.2 Å². The highest BCUT2D eigenvalue weighted by molar-refractivity contribution is 7.27. The molecule has 1 unspecified atom stereocenters. The molecule has 0 aliphatic heterocycles. The number of nitriles is 1. The molecule has 27 heavy (non-hydrogen) atoms. The Labute approximate surface area is 157 Å². The number of nitrogens with zero attached hydrogens (tertiary/aromatic N) is 6. The van der Waals surface area contributed by atoms with E-state index < -0.39 is 6.17 Å². The molecule has 0 saturated heterocycles. The zero-order chi connectivity index (χ0) is 18.9.